The van der Waals surface area contributed by atoms with Crippen molar-refractivity contribution in [3.8, 4) is 0 Å². The number of nitrogens with zero attached hydrogens (tertiary/aromatic N) is 2. The lowest BCUT2D eigenvalue weighted by atomic mass is 9.99. The molecule has 1 aromatic rings. The molecule has 0 aromatic carbocycles. The summed E-state index contributed by atoms with van der Waals surface area (Å²) >= 11 is 0. The minimum Gasteiger partial charge on any atom is -0.354 e. The fourth-order valence-corrected chi connectivity index (χ4v) is 1.73. The number of rotatable bonds is 5. The van der Waals surface area contributed by atoms with Gasteiger partial charge in [0.15, 0.2) is 0 Å². The van der Waals surface area contributed by atoms with Crippen molar-refractivity contribution in [2.45, 2.75) is 19.9 Å². The van der Waals surface area contributed by atoms with Crippen LogP contribution in [-0.4, -0.2) is 35.3 Å². The molecule has 88 valence electrons. The van der Waals surface area contributed by atoms with Crippen LogP contribution in [0.25, 0.3) is 0 Å². The summed E-state index contributed by atoms with van der Waals surface area (Å²) in [6.07, 6.45) is 4.44. The van der Waals surface area contributed by atoms with Crippen molar-refractivity contribution in [1.29, 1.82) is 0 Å². The van der Waals surface area contributed by atoms with E-state index < -0.39 is 0 Å². The molecule has 0 aliphatic carbocycles. The standard InChI is InChI=1S/C11H18N4O/c1-9-5-14-15(8-9)3-2-13-11(16)4-10-6-12-7-10/h5,8,10,12H,2-4,6-7H2,1H3,(H,13,16). The molecule has 0 radical (unpaired) electrons. The summed E-state index contributed by atoms with van der Waals surface area (Å²) < 4.78 is 1.85. The highest BCUT2D eigenvalue weighted by Gasteiger charge is 2.19. The molecule has 2 heterocycles. The van der Waals surface area contributed by atoms with E-state index in [0.29, 0.717) is 18.9 Å². The Morgan fingerprint density at radius 3 is 3.06 bits per heavy atom. The molecular weight excluding hydrogens is 204 g/mol. The van der Waals surface area contributed by atoms with Crippen LogP contribution in [-0.2, 0) is 11.3 Å². The van der Waals surface area contributed by atoms with Gasteiger partial charge in [-0.2, -0.15) is 5.10 Å². The lowest BCUT2D eigenvalue weighted by Crippen LogP contribution is -2.44. The van der Waals surface area contributed by atoms with Gasteiger partial charge in [-0.15, -0.1) is 0 Å². The van der Waals surface area contributed by atoms with Crippen LogP contribution in [0.1, 0.15) is 12.0 Å². The zero-order chi connectivity index (χ0) is 11.4. The van der Waals surface area contributed by atoms with Gasteiger partial charge in [-0.05, 0) is 31.5 Å². The van der Waals surface area contributed by atoms with E-state index in [1.165, 1.54) is 0 Å². The van der Waals surface area contributed by atoms with Gasteiger partial charge < -0.3 is 10.6 Å². The van der Waals surface area contributed by atoms with Crippen molar-refractivity contribution in [3.05, 3.63) is 18.0 Å². The average Bonchev–Trinajstić information content (AvgIpc) is 2.58. The normalized spacial score (nSPS) is 15.8. The molecule has 5 heteroatoms. The van der Waals surface area contributed by atoms with E-state index in [1.807, 2.05) is 24.0 Å². The number of carbonyl (C=O) groups is 1. The Kier molecular flexibility index (Phi) is 3.56. The highest BCUT2D eigenvalue weighted by atomic mass is 16.1. The summed E-state index contributed by atoms with van der Waals surface area (Å²) in [6, 6.07) is 0. The molecule has 5 nitrogen and oxygen atoms in total. The number of nitrogens with one attached hydrogen (secondary N) is 2. The third kappa shape index (κ3) is 3.06. The Morgan fingerprint density at radius 2 is 2.50 bits per heavy atom. The Bertz CT molecular complexity index is 357. The quantitative estimate of drug-likeness (QED) is 0.732. The van der Waals surface area contributed by atoms with Crippen LogP contribution in [0.15, 0.2) is 12.4 Å². The molecular formula is C11H18N4O. The van der Waals surface area contributed by atoms with E-state index in [9.17, 15) is 4.79 Å². The minimum absolute atomic E-state index is 0.148. The Balaban J connectivity index is 1.61. The first-order valence-corrected chi connectivity index (χ1v) is 5.70. The van der Waals surface area contributed by atoms with Crippen LogP contribution in [0.4, 0.5) is 0 Å². The maximum Gasteiger partial charge on any atom is 0.220 e. The molecule has 1 aromatic heterocycles. The first-order valence-electron chi connectivity index (χ1n) is 5.70. The van der Waals surface area contributed by atoms with Gasteiger partial charge in [0.1, 0.15) is 0 Å². The SMILES string of the molecule is Cc1cnn(CCNC(=O)CC2CNC2)c1. The van der Waals surface area contributed by atoms with E-state index >= 15 is 0 Å². The third-order valence-corrected chi connectivity index (χ3v) is 2.77. The molecule has 1 fully saturated rings. The molecule has 1 aliphatic heterocycles. The highest BCUT2D eigenvalue weighted by molar-refractivity contribution is 5.76. The second-order valence-corrected chi connectivity index (χ2v) is 4.36. The average molecular weight is 222 g/mol. The summed E-state index contributed by atoms with van der Waals surface area (Å²) in [5, 5.41) is 10.2. The fraction of sp³-hybridized carbons (Fsp3) is 0.636. The first kappa shape index (κ1) is 11.1. The molecule has 1 amide bonds. The first-order chi connectivity index (χ1) is 7.74. The molecule has 16 heavy (non-hydrogen) atoms. The van der Waals surface area contributed by atoms with Gasteiger partial charge >= 0.3 is 0 Å². The molecule has 2 rings (SSSR count). The molecule has 1 saturated heterocycles. The Hall–Kier alpha value is -1.36. The highest BCUT2D eigenvalue weighted by Crippen LogP contribution is 2.07. The van der Waals surface area contributed by atoms with E-state index in [2.05, 4.69) is 15.7 Å². The molecule has 0 saturated carbocycles. The van der Waals surface area contributed by atoms with Crippen molar-refractivity contribution < 1.29 is 4.79 Å². The maximum atomic E-state index is 11.5. The van der Waals surface area contributed by atoms with Gasteiger partial charge in [0, 0.05) is 19.2 Å². The van der Waals surface area contributed by atoms with E-state index in [4.69, 9.17) is 0 Å². The molecule has 0 atom stereocenters. The number of amides is 1. The number of hydrogen-bond acceptors (Lipinski definition) is 3. The maximum absolute atomic E-state index is 11.5. The minimum atomic E-state index is 0.148. The summed E-state index contributed by atoms with van der Waals surface area (Å²) in [4.78, 5) is 11.5. The van der Waals surface area contributed by atoms with Crippen LogP contribution in [0, 0.1) is 12.8 Å². The van der Waals surface area contributed by atoms with Crippen molar-refractivity contribution in [2.75, 3.05) is 19.6 Å². The number of aromatic nitrogens is 2. The van der Waals surface area contributed by atoms with E-state index in [-0.39, 0.29) is 5.91 Å². The second-order valence-electron chi connectivity index (χ2n) is 4.36. The van der Waals surface area contributed by atoms with Gasteiger partial charge in [-0.25, -0.2) is 0 Å². The summed E-state index contributed by atoms with van der Waals surface area (Å²) in [5.41, 5.74) is 1.15. The zero-order valence-corrected chi connectivity index (χ0v) is 9.57. The monoisotopic (exact) mass is 222 g/mol. The Morgan fingerprint density at radius 1 is 1.69 bits per heavy atom. The van der Waals surface area contributed by atoms with Gasteiger partial charge in [0.2, 0.25) is 5.91 Å². The van der Waals surface area contributed by atoms with Crippen LogP contribution in [0.3, 0.4) is 0 Å². The van der Waals surface area contributed by atoms with Crippen molar-refractivity contribution >= 4 is 5.91 Å². The van der Waals surface area contributed by atoms with Gasteiger partial charge in [0.25, 0.3) is 0 Å². The van der Waals surface area contributed by atoms with Crippen LogP contribution >= 0.6 is 0 Å². The lowest BCUT2D eigenvalue weighted by molar-refractivity contribution is -0.122. The van der Waals surface area contributed by atoms with E-state index in [1.54, 1.807) is 0 Å². The third-order valence-electron chi connectivity index (χ3n) is 2.77. The molecule has 1 aliphatic rings. The van der Waals surface area contributed by atoms with Gasteiger partial charge in [-0.3, -0.25) is 9.48 Å². The largest absolute Gasteiger partial charge is 0.354 e. The molecule has 0 bridgehead atoms. The van der Waals surface area contributed by atoms with Gasteiger partial charge in [-0.1, -0.05) is 0 Å². The summed E-state index contributed by atoms with van der Waals surface area (Å²) in [5.74, 6) is 0.683. The molecule has 2 N–H and O–H groups in total. The summed E-state index contributed by atoms with van der Waals surface area (Å²) in [6.45, 7) is 5.35. The van der Waals surface area contributed by atoms with Crippen LogP contribution < -0.4 is 10.6 Å². The fourth-order valence-electron chi connectivity index (χ4n) is 1.73. The second kappa shape index (κ2) is 5.12. The zero-order valence-electron chi connectivity index (χ0n) is 9.57. The van der Waals surface area contributed by atoms with Crippen molar-refractivity contribution in [1.82, 2.24) is 20.4 Å². The predicted octanol–water partition coefficient (Wildman–Crippen LogP) is -0.0828. The lowest BCUT2D eigenvalue weighted by Gasteiger charge is -2.26. The van der Waals surface area contributed by atoms with Crippen LogP contribution in [0.5, 0.6) is 0 Å². The number of aryl methyl sites for hydroxylation is 1. The Labute approximate surface area is 95.2 Å². The van der Waals surface area contributed by atoms with E-state index in [0.717, 1.165) is 25.2 Å². The van der Waals surface area contributed by atoms with Gasteiger partial charge in [0.05, 0.1) is 12.7 Å². The number of carbonyl (C=O) groups excluding carboxylic acids is 1. The number of hydrogen-bond donors (Lipinski definition) is 2. The molecule has 0 spiro atoms. The molecule has 0 unspecified atom stereocenters. The van der Waals surface area contributed by atoms with Crippen LogP contribution in [0.2, 0.25) is 0 Å². The topological polar surface area (TPSA) is 59.0 Å². The van der Waals surface area contributed by atoms with Crippen molar-refractivity contribution in [2.24, 2.45) is 5.92 Å². The smallest absolute Gasteiger partial charge is 0.220 e. The predicted molar refractivity (Wildman–Crippen MR) is 61.0 cm³/mol. The summed E-state index contributed by atoms with van der Waals surface area (Å²) in [7, 11) is 0. The van der Waals surface area contributed by atoms with Crippen molar-refractivity contribution in [3.63, 3.8) is 0 Å².